The Kier molecular flexibility index (Phi) is 2.67. The van der Waals surface area contributed by atoms with Crippen LogP contribution >= 0.6 is 0 Å². The van der Waals surface area contributed by atoms with Crippen LogP contribution in [-0.2, 0) is 0 Å². The second-order valence-corrected chi connectivity index (χ2v) is 2.06. The summed E-state index contributed by atoms with van der Waals surface area (Å²) in [6.45, 7) is 2.14. The van der Waals surface area contributed by atoms with E-state index in [9.17, 15) is 0 Å². The average molecular weight is 137 g/mol. The van der Waals surface area contributed by atoms with E-state index in [1.165, 1.54) is 12.7 Å². The Hall–Kier alpha value is -1.12. The number of aromatic nitrogens is 3. The number of H-pyrrole nitrogens is 1. The zero-order chi connectivity index (χ0) is 7.23. The third-order valence-electron chi connectivity index (χ3n) is 1.16. The van der Waals surface area contributed by atoms with Crippen LogP contribution in [-0.4, -0.2) is 15.2 Å². The number of hydrogen-bond donors (Lipinski definition) is 1. The smallest absolute Gasteiger partial charge is 0.147 e. The first-order chi connectivity index (χ1) is 4.93. The van der Waals surface area contributed by atoms with Crippen molar-refractivity contribution in [2.45, 2.75) is 19.8 Å². The molecule has 0 unspecified atom stereocenters. The lowest BCUT2D eigenvalue weighted by atomic mass is 10.3. The molecule has 1 N–H and O–H groups in total. The minimum Gasteiger partial charge on any atom is -0.260 e. The average Bonchev–Trinajstić information content (AvgIpc) is 2.41. The summed E-state index contributed by atoms with van der Waals surface area (Å²) in [6.07, 6.45) is 7.80. The standard InChI is InChI=1S/C7H11N3/c1-2-3-4-5-7-8-6-9-10-7/h4-6H,2-3H2,1H3,(H,8,9,10). The van der Waals surface area contributed by atoms with Crippen molar-refractivity contribution in [3.05, 3.63) is 18.2 Å². The van der Waals surface area contributed by atoms with Gasteiger partial charge in [-0.3, -0.25) is 5.10 Å². The Morgan fingerprint density at radius 3 is 3.20 bits per heavy atom. The van der Waals surface area contributed by atoms with E-state index in [1.54, 1.807) is 0 Å². The Morgan fingerprint density at radius 1 is 1.70 bits per heavy atom. The normalized spacial score (nSPS) is 10.9. The van der Waals surface area contributed by atoms with E-state index in [2.05, 4.69) is 28.2 Å². The quantitative estimate of drug-likeness (QED) is 0.687. The molecule has 0 saturated heterocycles. The van der Waals surface area contributed by atoms with Crippen LogP contribution in [0, 0.1) is 0 Å². The molecule has 0 atom stereocenters. The zero-order valence-corrected chi connectivity index (χ0v) is 6.04. The Morgan fingerprint density at radius 2 is 2.60 bits per heavy atom. The molecule has 1 heterocycles. The maximum Gasteiger partial charge on any atom is 0.147 e. The van der Waals surface area contributed by atoms with E-state index in [4.69, 9.17) is 0 Å². The molecular weight excluding hydrogens is 126 g/mol. The molecule has 10 heavy (non-hydrogen) atoms. The van der Waals surface area contributed by atoms with Crippen LogP contribution in [0.4, 0.5) is 0 Å². The fraction of sp³-hybridized carbons (Fsp3) is 0.429. The van der Waals surface area contributed by atoms with Gasteiger partial charge < -0.3 is 0 Å². The molecule has 0 aliphatic carbocycles. The third-order valence-corrected chi connectivity index (χ3v) is 1.16. The zero-order valence-electron chi connectivity index (χ0n) is 6.04. The second-order valence-electron chi connectivity index (χ2n) is 2.06. The highest BCUT2D eigenvalue weighted by Crippen LogP contribution is 1.94. The van der Waals surface area contributed by atoms with E-state index >= 15 is 0 Å². The minimum absolute atomic E-state index is 0.827. The lowest BCUT2D eigenvalue weighted by molar-refractivity contribution is 0.960. The van der Waals surface area contributed by atoms with Crippen LogP contribution in [0.25, 0.3) is 6.08 Å². The van der Waals surface area contributed by atoms with Gasteiger partial charge in [0.2, 0.25) is 0 Å². The molecule has 1 rings (SSSR count). The van der Waals surface area contributed by atoms with E-state index in [0.717, 1.165) is 12.2 Å². The summed E-state index contributed by atoms with van der Waals surface area (Å²) in [6, 6.07) is 0. The van der Waals surface area contributed by atoms with Gasteiger partial charge in [-0.15, -0.1) is 0 Å². The van der Waals surface area contributed by atoms with E-state index in [-0.39, 0.29) is 0 Å². The highest BCUT2D eigenvalue weighted by atomic mass is 15.2. The highest BCUT2D eigenvalue weighted by Gasteiger charge is 1.83. The minimum atomic E-state index is 0.827. The Labute approximate surface area is 60.2 Å². The first kappa shape index (κ1) is 6.99. The molecule has 0 saturated carbocycles. The topological polar surface area (TPSA) is 41.6 Å². The molecule has 54 valence electrons. The van der Waals surface area contributed by atoms with Gasteiger partial charge in [0.1, 0.15) is 12.2 Å². The van der Waals surface area contributed by atoms with Crippen molar-refractivity contribution < 1.29 is 0 Å². The van der Waals surface area contributed by atoms with Crippen LogP contribution in [0.3, 0.4) is 0 Å². The molecule has 3 nitrogen and oxygen atoms in total. The first-order valence-electron chi connectivity index (χ1n) is 3.45. The number of allylic oxidation sites excluding steroid dienone is 1. The van der Waals surface area contributed by atoms with Gasteiger partial charge in [0, 0.05) is 0 Å². The Bertz CT molecular complexity index is 189. The van der Waals surface area contributed by atoms with Crippen molar-refractivity contribution in [1.29, 1.82) is 0 Å². The first-order valence-corrected chi connectivity index (χ1v) is 3.45. The van der Waals surface area contributed by atoms with Crippen molar-refractivity contribution in [1.82, 2.24) is 15.2 Å². The van der Waals surface area contributed by atoms with Crippen molar-refractivity contribution >= 4 is 6.08 Å². The summed E-state index contributed by atoms with van der Waals surface area (Å²) in [4.78, 5) is 3.93. The summed E-state index contributed by atoms with van der Waals surface area (Å²) >= 11 is 0. The lowest BCUT2D eigenvalue weighted by Gasteiger charge is -1.81. The number of nitrogens with one attached hydrogen (secondary N) is 1. The van der Waals surface area contributed by atoms with Gasteiger partial charge in [-0.25, -0.2) is 4.98 Å². The van der Waals surface area contributed by atoms with Gasteiger partial charge in [-0.2, -0.15) is 5.10 Å². The number of aromatic amines is 1. The third kappa shape index (κ3) is 2.01. The monoisotopic (exact) mass is 137 g/mol. The summed E-state index contributed by atoms with van der Waals surface area (Å²) in [7, 11) is 0. The van der Waals surface area contributed by atoms with Crippen LogP contribution < -0.4 is 0 Å². The lowest BCUT2D eigenvalue weighted by Crippen LogP contribution is -1.73. The van der Waals surface area contributed by atoms with Crippen molar-refractivity contribution in [2.24, 2.45) is 0 Å². The number of nitrogens with zero attached hydrogens (tertiary/aromatic N) is 2. The predicted molar refractivity (Wildman–Crippen MR) is 40.3 cm³/mol. The molecule has 0 radical (unpaired) electrons. The molecule has 0 amide bonds. The fourth-order valence-corrected chi connectivity index (χ4v) is 0.657. The van der Waals surface area contributed by atoms with E-state index in [1.807, 2.05) is 6.08 Å². The molecule has 0 aromatic carbocycles. The van der Waals surface area contributed by atoms with Crippen LogP contribution in [0.15, 0.2) is 12.4 Å². The van der Waals surface area contributed by atoms with Crippen LogP contribution in [0.1, 0.15) is 25.6 Å². The molecular formula is C7H11N3. The molecule has 0 fully saturated rings. The maximum absolute atomic E-state index is 3.93. The summed E-state index contributed by atoms with van der Waals surface area (Å²) in [5.74, 6) is 0.827. The van der Waals surface area contributed by atoms with Gasteiger partial charge in [-0.05, 0) is 12.5 Å². The maximum atomic E-state index is 3.93. The molecule has 3 heteroatoms. The van der Waals surface area contributed by atoms with Crippen molar-refractivity contribution in [2.75, 3.05) is 0 Å². The SMILES string of the molecule is CCCC=Cc1ncn[nH]1. The summed E-state index contributed by atoms with van der Waals surface area (Å²) in [5, 5.41) is 6.46. The van der Waals surface area contributed by atoms with Crippen LogP contribution in [0.2, 0.25) is 0 Å². The molecule has 0 aliphatic rings. The number of hydrogen-bond acceptors (Lipinski definition) is 2. The molecule has 0 spiro atoms. The van der Waals surface area contributed by atoms with Gasteiger partial charge >= 0.3 is 0 Å². The van der Waals surface area contributed by atoms with Gasteiger partial charge in [0.25, 0.3) is 0 Å². The molecule has 0 bridgehead atoms. The Balaban J connectivity index is 2.40. The molecule has 0 aliphatic heterocycles. The largest absolute Gasteiger partial charge is 0.260 e. The fourth-order valence-electron chi connectivity index (χ4n) is 0.657. The summed E-state index contributed by atoms with van der Waals surface area (Å²) in [5.41, 5.74) is 0. The van der Waals surface area contributed by atoms with E-state index < -0.39 is 0 Å². The molecule has 1 aromatic rings. The van der Waals surface area contributed by atoms with Crippen LogP contribution in [0.5, 0.6) is 0 Å². The van der Waals surface area contributed by atoms with Crippen molar-refractivity contribution in [3.63, 3.8) is 0 Å². The van der Waals surface area contributed by atoms with Gasteiger partial charge in [0.15, 0.2) is 0 Å². The van der Waals surface area contributed by atoms with Gasteiger partial charge in [-0.1, -0.05) is 19.4 Å². The number of rotatable bonds is 3. The molecule has 1 aromatic heterocycles. The van der Waals surface area contributed by atoms with E-state index in [0.29, 0.717) is 0 Å². The van der Waals surface area contributed by atoms with Gasteiger partial charge in [0.05, 0.1) is 0 Å². The summed E-state index contributed by atoms with van der Waals surface area (Å²) < 4.78 is 0. The second kappa shape index (κ2) is 3.82. The predicted octanol–water partition coefficient (Wildman–Crippen LogP) is 1.62. The highest BCUT2D eigenvalue weighted by molar-refractivity contribution is 5.37. The van der Waals surface area contributed by atoms with Crippen molar-refractivity contribution in [3.8, 4) is 0 Å². The number of unbranched alkanes of at least 4 members (excludes halogenated alkanes) is 1.